The lowest BCUT2D eigenvalue weighted by Gasteiger charge is -2.36. The molecule has 118 valence electrons. The number of likely N-dealkylation sites (N-methyl/N-ethyl adjacent to an activating group) is 1. The van der Waals surface area contributed by atoms with Crippen LogP contribution in [-0.4, -0.2) is 41.3 Å². The molecular weight excluding hydrogens is 276 g/mol. The molecular formula is C17H24N4O. The molecule has 1 saturated heterocycles. The SMILES string of the molecule is CCc1nnc(N(C)C2CCCN(Cc3ccccc3)C2)o1. The molecule has 0 aliphatic carbocycles. The van der Waals surface area contributed by atoms with Gasteiger partial charge in [0.1, 0.15) is 0 Å². The zero-order valence-corrected chi connectivity index (χ0v) is 13.4. The second-order valence-electron chi connectivity index (χ2n) is 5.96. The van der Waals surface area contributed by atoms with Crippen molar-refractivity contribution in [3.63, 3.8) is 0 Å². The smallest absolute Gasteiger partial charge is 0.318 e. The molecule has 2 aromatic rings. The van der Waals surface area contributed by atoms with Gasteiger partial charge in [0.2, 0.25) is 5.89 Å². The molecule has 5 nitrogen and oxygen atoms in total. The van der Waals surface area contributed by atoms with Crippen molar-refractivity contribution in [2.75, 3.05) is 25.0 Å². The van der Waals surface area contributed by atoms with Crippen LogP contribution in [0.4, 0.5) is 6.01 Å². The number of nitrogens with zero attached hydrogens (tertiary/aromatic N) is 4. The van der Waals surface area contributed by atoms with E-state index in [2.05, 4.69) is 57.4 Å². The summed E-state index contributed by atoms with van der Waals surface area (Å²) in [7, 11) is 2.06. The van der Waals surface area contributed by atoms with Crippen LogP contribution in [0.5, 0.6) is 0 Å². The average molecular weight is 300 g/mol. The van der Waals surface area contributed by atoms with E-state index in [0.717, 1.165) is 26.1 Å². The minimum absolute atomic E-state index is 0.433. The van der Waals surface area contributed by atoms with Gasteiger partial charge in [0, 0.05) is 32.6 Å². The molecule has 5 heteroatoms. The number of rotatable bonds is 5. The predicted octanol–water partition coefficient (Wildman–Crippen LogP) is 2.73. The summed E-state index contributed by atoms with van der Waals surface area (Å²) in [5, 5.41) is 8.23. The number of hydrogen-bond donors (Lipinski definition) is 0. The summed E-state index contributed by atoms with van der Waals surface area (Å²) in [6, 6.07) is 11.7. The largest absolute Gasteiger partial charge is 0.408 e. The molecule has 0 spiro atoms. The molecule has 22 heavy (non-hydrogen) atoms. The fraction of sp³-hybridized carbons (Fsp3) is 0.529. The highest BCUT2D eigenvalue weighted by Gasteiger charge is 2.26. The molecule has 1 atom stereocenters. The molecule has 1 aliphatic heterocycles. The van der Waals surface area contributed by atoms with Gasteiger partial charge in [-0.2, -0.15) is 0 Å². The van der Waals surface area contributed by atoms with E-state index in [-0.39, 0.29) is 0 Å². The molecule has 1 aromatic carbocycles. The van der Waals surface area contributed by atoms with Gasteiger partial charge >= 0.3 is 6.01 Å². The van der Waals surface area contributed by atoms with E-state index >= 15 is 0 Å². The summed E-state index contributed by atoms with van der Waals surface area (Å²) < 4.78 is 5.69. The van der Waals surface area contributed by atoms with Crippen molar-refractivity contribution in [3.8, 4) is 0 Å². The van der Waals surface area contributed by atoms with Crippen LogP contribution >= 0.6 is 0 Å². The number of likely N-dealkylation sites (tertiary alicyclic amines) is 1. The third-order valence-corrected chi connectivity index (χ3v) is 4.34. The van der Waals surface area contributed by atoms with Gasteiger partial charge in [-0.05, 0) is 24.9 Å². The Morgan fingerprint density at radius 1 is 1.27 bits per heavy atom. The zero-order valence-electron chi connectivity index (χ0n) is 13.4. The molecule has 0 saturated carbocycles. The van der Waals surface area contributed by atoms with Crippen molar-refractivity contribution in [2.45, 2.75) is 38.8 Å². The molecule has 3 rings (SSSR count). The first-order chi connectivity index (χ1) is 10.8. The van der Waals surface area contributed by atoms with Crippen LogP contribution < -0.4 is 4.90 Å². The minimum atomic E-state index is 0.433. The molecule has 0 N–H and O–H groups in total. The van der Waals surface area contributed by atoms with Gasteiger partial charge in [-0.3, -0.25) is 4.90 Å². The summed E-state index contributed by atoms with van der Waals surface area (Å²) in [6.45, 7) is 5.23. The van der Waals surface area contributed by atoms with Crippen molar-refractivity contribution < 1.29 is 4.42 Å². The number of benzene rings is 1. The van der Waals surface area contributed by atoms with Crippen LogP contribution in [0.25, 0.3) is 0 Å². The van der Waals surface area contributed by atoms with Crippen LogP contribution in [0.3, 0.4) is 0 Å². The second-order valence-corrected chi connectivity index (χ2v) is 5.96. The molecule has 2 heterocycles. The molecule has 1 fully saturated rings. The Labute approximate surface area is 131 Å². The molecule has 0 radical (unpaired) electrons. The van der Waals surface area contributed by atoms with E-state index in [1.165, 1.54) is 18.4 Å². The predicted molar refractivity (Wildman–Crippen MR) is 86.8 cm³/mol. The van der Waals surface area contributed by atoms with Crippen LogP contribution in [0.1, 0.15) is 31.2 Å². The van der Waals surface area contributed by atoms with Gasteiger partial charge in [0.05, 0.1) is 0 Å². The van der Waals surface area contributed by atoms with Gasteiger partial charge in [0.25, 0.3) is 0 Å². The maximum absolute atomic E-state index is 5.69. The van der Waals surface area contributed by atoms with Crippen molar-refractivity contribution >= 4 is 6.01 Å². The number of piperidine rings is 1. The Hall–Kier alpha value is -1.88. The monoisotopic (exact) mass is 300 g/mol. The van der Waals surface area contributed by atoms with Crippen molar-refractivity contribution in [3.05, 3.63) is 41.8 Å². The highest BCUT2D eigenvalue weighted by molar-refractivity contribution is 5.25. The topological polar surface area (TPSA) is 45.4 Å². The summed E-state index contributed by atoms with van der Waals surface area (Å²) >= 11 is 0. The highest BCUT2D eigenvalue weighted by atomic mass is 16.4. The Kier molecular flexibility index (Phi) is 4.73. The molecule has 0 amide bonds. The fourth-order valence-electron chi connectivity index (χ4n) is 3.02. The third-order valence-electron chi connectivity index (χ3n) is 4.34. The van der Waals surface area contributed by atoms with Crippen LogP contribution in [-0.2, 0) is 13.0 Å². The maximum Gasteiger partial charge on any atom is 0.318 e. The Balaban J connectivity index is 1.62. The van der Waals surface area contributed by atoms with E-state index in [4.69, 9.17) is 4.42 Å². The first-order valence-corrected chi connectivity index (χ1v) is 8.07. The van der Waals surface area contributed by atoms with E-state index in [1.54, 1.807) is 0 Å². The van der Waals surface area contributed by atoms with Crippen molar-refractivity contribution in [1.82, 2.24) is 15.1 Å². The Bertz CT molecular complexity index is 583. The standard InChI is InChI=1S/C17H24N4O/c1-3-16-18-19-17(22-16)20(2)15-10-7-11-21(13-15)12-14-8-5-4-6-9-14/h4-6,8-9,15H,3,7,10-13H2,1-2H3. The van der Waals surface area contributed by atoms with Gasteiger partial charge in [0.15, 0.2) is 0 Å². The van der Waals surface area contributed by atoms with Crippen LogP contribution in [0.2, 0.25) is 0 Å². The van der Waals surface area contributed by atoms with Crippen LogP contribution in [0, 0.1) is 0 Å². The molecule has 0 bridgehead atoms. The summed E-state index contributed by atoms with van der Waals surface area (Å²) in [5.41, 5.74) is 1.37. The minimum Gasteiger partial charge on any atom is -0.408 e. The van der Waals surface area contributed by atoms with Crippen LogP contribution in [0.15, 0.2) is 34.7 Å². The fourth-order valence-corrected chi connectivity index (χ4v) is 3.02. The lowest BCUT2D eigenvalue weighted by atomic mass is 10.0. The van der Waals surface area contributed by atoms with Crippen molar-refractivity contribution in [2.24, 2.45) is 0 Å². The first-order valence-electron chi connectivity index (χ1n) is 8.07. The van der Waals surface area contributed by atoms with E-state index < -0.39 is 0 Å². The maximum atomic E-state index is 5.69. The van der Waals surface area contributed by atoms with Gasteiger partial charge in [-0.25, -0.2) is 0 Å². The number of anilines is 1. The molecule has 1 aliphatic rings. The van der Waals surface area contributed by atoms with Gasteiger partial charge < -0.3 is 9.32 Å². The average Bonchev–Trinajstić information content (AvgIpc) is 3.04. The number of aryl methyl sites for hydroxylation is 1. The quantitative estimate of drug-likeness (QED) is 0.849. The molecule has 1 unspecified atom stereocenters. The number of aromatic nitrogens is 2. The zero-order chi connectivity index (χ0) is 15.4. The lowest BCUT2D eigenvalue weighted by molar-refractivity contribution is 0.196. The molecule has 1 aromatic heterocycles. The summed E-state index contributed by atoms with van der Waals surface area (Å²) in [4.78, 5) is 4.65. The van der Waals surface area contributed by atoms with E-state index in [9.17, 15) is 0 Å². The summed E-state index contributed by atoms with van der Waals surface area (Å²) in [6.07, 6.45) is 3.16. The summed E-state index contributed by atoms with van der Waals surface area (Å²) in [5.74, 6) is 0.707. The van der Waals surface area contributed by atoms with Gasteiger partial charge in [-0.1, -0.05) is 42.4 Å². The third kappa shape index (κ3) is 3.47. The Morgan fingerprint density at radius 2 is 2.09 bits per heavy atom. The highest BCUT2D eigenvalue weighted by Crippen LogP contribution is 2.21. The van der Waals surface area contributed by atoms with E-state index in [0.29, 0.717) is 17.9 Å². The Morgan fingerprint density at radius 3 is 2.82 bits per heavy atom. The second kappa shape index (κ2) is 6.92. The normalized spacial score (nSPS) is 19.3. The van der Waals surface area contributed by atoms with Crippen molar-refractivity contribution in [1.29, 1.82) is 0 Å². The first kappa shape index (κ1) is 15.0. The number of hydrogen-bond acceptors (Lipinski definition) is 5. The lowest BCUT2D eigenvalue weighted by Crippen LogP contribution is -2.46. The van der Waals surface area contributed by atoms with E-state index in [1.807, 2.05) is 6.92 Å². The van der Waals surface area contributed by atoms with Gasteiger partial charge in [-0.15, -0.1) is 5.10 Å².